The van der Waals surface area contributed by atoms with Crippen LogP contribution in [-0.4, -0.2) is 38.6 Å². The molecule has 1 amide bonds. The van der Waals surface area contributed by atoms with Crippen molar-refractivity contribution in [1.82, 2.24) is 19.6 Å². The zero-order valence-corrected chi connectivity index (χ0v) is 10.9. The summed E-state index contributed by atoms with van der Waals surface area (Å²) in [5, 5.41) is 3.96. The quantitative estimate of drug-likeness (QED) is 0.829. The van der Waals surface area contributed by atoms with E-state index < -0.39 is 0 Å². The van der Waals surface area contributed by atoms with Crippen LogP contribution in [0.3, 0.4) is 0 Å². The number of likely N-dealkylation sites (tertiary alicyclic amines) is 1. The van der Waals surface area contributed by atoms with Crippen LogP contribution in [0.15, 0.2) is 22.9 Å². The molecule has 1 saturated heterocycles. The van der Waals surface area contributed by atoms with E-state index in [1.54, 1.807) is 0 Å². The molecule has 1 aliphatic heterocycles. The summed E-state index contributed by atoms with van der Waals surface area (Å²) in [5.41, 5.74) is 0.899. The average molecular weight is 260 g/mol. The van der Waals surface area contributed by atoms with E-state index in [9.17, 15) is 4.79 Å². The van der Waals surface area contributed by atoms with Crippen LogP contribution in [0.1, 0.15) is 18.7 Å². The Morgan fingerprint density at radius 3 is 3.05 bits per heavy atom. The van der Waals surface area contributed by atoms with Gasteiger partial charge in [-0.05, 0) is 18.6 Å². The lowest BCUT2D eigenvalue weighted by atomic mass is 10.3. The van der Waals surface area contributed by atoms with Crippen molar-refractivity contribution in [3.63, 3.8) is 0 Å². The molecule has 0 bridgehead atoms. The molecule has 19 heavy (non-hydrogen) atoms. The van der Waals surface area contributed by atoms with Gasteiger partial charge >= 0.3 is 0 Å². The van der Waals surface area contributed by atoms with E-state index in [0.717, 1.165) is 18.7 Å². The average Bonchev–Trinajstić information content (AvgIpc) is 3.08. The SMILES string of the molecule is Cn1cccc1-c1nc(CCN2CCCC2=O)no1. The van der Waals surface area contributed by atoms with Crippen molar-refractivity contribution in [3.8, 4) is 11.6 Å². The number of carbonyl (C=O) groups is 1. The minimum atomic E-state index is 0.228. The first-order valence-electron chi connectivity index (χ1n) is 6.46. The van der Waals surface area contributed by atoms with E-state index in [0.29, 0.717) is 31.1 Å². The number of aromatic nitrogens is 3. The van der Waals surface area contributed by atoms with Crippen LogP contribution in [0.4, 0.5) is 0 Å². The number of carbonyl (C=O) groups excluding carboxylic acids is 1. The van der Waals surface area contributed by atoms with Gasteiger partial charge in [0.1, 0.15) is 5.69 Å². The maximum atomic E-state index is 11.5. The van der Waals surface area contributed by atoms with Gasteiger partial charge in [-0.3, -0.25) is 4.79 Å². The van der Waals surface area contributed by atoms with Crippen molar-refractivity contribution in [2.75, 3.05) is 13.1 Å². The molecule has 3 heterocycles. The van der Waals surface area contributed by atoms with Crippen molar-refractivity contribution in [3.05, 3.63) is 24.2 Å². The fourth-order valence-corrected chi connectivity index (χ4v) is 2.32. The maximum Gasteiger partial charge on any atom is 0.274 e. The second kappa shape index (κ2) is 4.87. The molecule has 6 heteroatoms. The van der Waals surface area contributed by atoms with Gasteiger partial charge in [-0.1, -0.05) is 5.16 Å². The number of aryl methyl sites for hydroxylation is 1. The standard InChI is InChI=1S/C13H16N4O2/c1-16-7-2-4-10(16)13-14-11(15-19-13)6-9-17-8-3-5-12(17)18/h2,4,7H,3,5-6,8-9H2,1H3. The fourth-order valence-electron chi connectivity index (χ4n) is 2.32. The fraction of sp³-hybridized carbons (Fsp3) is 0.462. The zero-order valence-electron chi connectivity index (χ0n) is 10.9. The van der Waals surface area contributed by atoms with E-state index in [-0.39, 0.29) is 5.91 Å². The van der Waals surface area contributed by atoms with Gasteiger partial charge < -0.3 is 14.0 Å². The molecule has 2 aromatic rings. The molecule has 100 valence electrons. The molecule has 0 radical (unpaired) electrons. The van der Waals surface area contributed by atoms with Crippen LogP contribution in [0.2, 0.25) is 0 Å². The Balaban J connectivity index is 1.65. The Labute approximate surface area is 111 Å². The molecule has 0 aliphatic carbocycles. The van der Waals surface area contributed by atoms with Crippen molar-refractivity contribution in [2.45, 2.75) is 19.3 Å². The highest BCUT2D eigenvalue weighted by Crippen LogP contribution is 2.17. The van der Waals surface area contributed by atoms with Crippen LogP contribution in [-0.2, 0) is 18.3 Å². The smallest absolute Gasteiger partial charge is 0.274 e. The minimum Gasteiger partial charge on any atom is -0.347 e. The summed E-state index contributed by atoms with van der Waals surface area (Å²) < 4.78 is 7.18. The van der Waals surface area contributed by atoms with Crippen molar-refractivity contribution < 1.29 is 9.32 Å². The molecule has 1 fully saturated rings. The highest BCUT2D eigenvalue weighted by Gasteiger charge is 2.20. The molecule has 0 aromatic carbocycles. The number of hydrogen-bond donors (Lipinski definition) is 0. The zero-order chi connectivity index (χ0) is 13.2. The van der Waals surface area contributed by atoms with Gasteiger partial charge in [-0.15, -0.1) is 0 Å². The normalized spacial score (nSPS) is 15.4. The Hall–Kier alpha value is -2.11. The van der Waals surface area contributed by atoms with Crippen LogP contribution in [0.25, 0.3) is 11.6 Å². The molecule has 0 spiro atoms. The third-order valence-corrected chi connectivity index (χ3v) is 3.41. The third-order valence-electron chi connectivity index (χ3n) is 3.41. The summed E-state index contributed by atoms with van der Waals surface area (Å²) in [7, 11) is 1.93. The van der Waals surface area contributed by atoms with Crippen molar-refractivity contribution in [1.29, 1.82) is 0 Å². The number of amides is 1. The topological polar surface area (TPSA) is 64.2 Å². The van der Waals surface area contributed by atoms with Crippen molar-refractivity contribution >= 4 is 5.91 Å². The lowest BCUT2D eigenvalue weighted by molar-refractivity contribution is -0.127. The predicted octanol–water partition coefficient (Wildman–Crippen LogP) is 1.24. The van der Waals surface area contributed by atoms with Crippen LogP contribution in [0, 0.1) is 0 Å². The lowest BCUT2D eigenvalue weighted by Gasteiger charge is -2.13. The maximum absolute atomic E-state index is 11.5. The van der Waals surface area contributed by atoms with Crippen LogP contribution < -0.4 is 0 Å². The van der Waals surface area contributed by atoms with Gasteiger partial charge in [0.15, 0.2) is 5.82 Å². The molecule has 0 unspecified atom stereocenters. The number of nitrogens with zero attached hydrogens (tertiary/aromatic N) is 4. The largest absolute Gasteiger partial charge is 0.347 e. The van der Waals surface area contributed by atoms with Gasteiger partial charge in [0.25, 0.3) is 5.89 Å². The van der Waals surface area contributed by atoms with Gasteiger partial charge in [0, 0.05) is 39.2 Å². The minimum absolute atomic E-state index is 0.228. The van der Waals surface area contributed by atoms with Gasteiger partial charge in [-0.2, -0.15) is 4.98 Å². The molecule has 3 rings (SSSR count). The number of rotatable bonds is 4. The van der Waals surface area contributed by atoms with Crippen molar-refractivity contribution in [2.24, 2.45) is 7.05 Å². The Kier molecular flexibility index (Phi) is 3.06. The number of hydrogen-bond acceptors (Lipinski definition) is 4. The summed E-state index contributed by atoms with van der Waals surface area (Å²) in [6.45, 7) is 1.52. The monoisotopic (exact) mass is 260 g/mol. The second-order valence-electron chi connectivity index (χ2n) is 4.75. The predicted molar refractivity (Wildman–Crippen MR) is 68.2 cm³/mol. The molecule has 1 aliphatic rings. The molecule has 6 nitrogen and oxygen atoms in total. The molecular formula is C13H16N4O2. The Morgan fingerprint density at radius 2 is 2.37 bits per heavy atom. The first-order chi connectivity index (χ1) is 9.24. The summed E-state index contributed by atoms with van der Waals surface area (Å²) in [6.07, 6.45) is 4.20. The first-order valence-corrected chi connectivity index (χ1v) is 6.46. The summed E-state index contributed by atoms with van der Waals surface area (Å²) in [6, 6.07) is 3.86. The molecular weight excluding hydrogens is 244 g/mol. The van der Waals surface area contributed by atoms with Gasteiger partial charge in [0.05, 0.1) is 0 Å². The molecule has 0 atom stereocenters. The molecule has 2 aromatic heterocycles. The van der Waals surface area contributed by atoms with Crippen LogP contribution >= 0.6 is 0 Å². The molecule has 0 saturated carbocycles. The van der Waals surface area contributed by atoms with E-state index in [2.05, 4.69) is 10.1 Å². The second-order valence-corrected chi connectivity index (χ2v) is 4.75. The summed E-state index contributed by atoms with van der Waals surface area (Å²) in [4.78, 5) is 17.7. The Bertz CT molecular complexity index is 587. The van der Waals surface area contributed by atoms with Crippen LogP contribution in [0.5, 0.6) is 0 Å². The third kappa shape index (κ3) is 2.38. The van der Waals surface area contributed by atoms with Gasteiger partial charge in [-0.25, -0.2) is 0 Å². The molecule has 0 N–H and O–H groups in total. The van der Waals surface area contributed by atoms with E-state index in [1.807, 2.05) is 34.8 Å². The van der Waals surface area contributed by atoms with E-state index in [4.69, 9.17) is 4.52 Å². The Morgan fingerprint density at radius 1 is 1.47 bits per heavy atom. The summed E-state index contributed by atoms with van der Waals surface area (Å²) >= 11 is 0. The van der Waals surface area contributed by atoms with E-state index in [1.165, 1.54) is 0 Å². The first kappa shape index (κ1) is 12.0. The van der Waals surface area contributed by atoms with Gasteiger partial charge in [0.2, 0.25) is 5.91 Å². The summed E-state index contributed by atoms with van der Waals surface area (Å²) in [5.74, 6) is 1.40. The highest BCUT2D eigenvalue weighted by molar-refractivity contribution is 5.78. The highest BCUT2D eigenvalue weighted by atomic mass is 16.5. The van der Waals surface area contributed by atoms with E-state index >= 15 is 0 Å². The lowest BCUT2D eigenvalue weighted by Crippen LogP contribution is -2.27.